The van der Waals surface area contributed by atoms with Crippen LogP contribution in [0.15, 0.2) is 0 Å². The van der Waals surface area contributed by atoms with E-state index < -0.39 is 0 Å². The van der Waals surface area contributed by atoms with E-state index in [9.17, 15) is 0 Å². The van der Waals surface area contributed by atoms with E-state index in [-0.39, 0.29) is 0 Å². The zero-order chi connectivity index (χ0) is 11.5. The van der Waals surface area contributed by atoms with Crippen LogP contribution in [-0.2, 0) is 4.74 Å². The molecule has 2 fully saturated rings. The van der Waals surface area contributed by atoms with Crippen molar-refractivity contribution in [3.05, 3.63) is 0 Å². The van der Waals surface area contributed by atoms with E-state index >= 15 is 0 Å². The van der Waals surface area contributed by atoms with Gasteiger partial charge in [0.2, 0.25) is 0 Å². The summed E-state index contributed by atoms with van der Waals surface area (Å²) in [5, 5.41) is 3.82. The monoisotopic (exact) mass is 226 g/mol. The molecule has 0 amide bonds. The van der Waals surface area contributed by atoms with Crippen molar-refractivity contribution in [1.82, 2.24) is 10.2 Å². The molecule has 0 bridgehead atoms. The Morgan fingerprint density at radius 2 is 2.12 bits per heavy atom. The Hall–Kier alpha value is -0.120. The van der Waals surface area contributed by atoms with Crippen molar-refractivity contribution in [2.24, 2.45) is 5.92 Å². The lowest BCUT2D eigenvalue weighted by Crippen LogP contribution is -2.48. The van der Waals surface area contributed by atoms with Crippen LogP contribution in [0.5, 0.6) is 0 Å². The summed E-state index contributed by atoms with van der Waals surface area (Å²) < 4.78 is 5.31. The molecule has 0 spiro atoms. The molecule has 0 saturated carbocycles. The summed E-state index contributed by atoms with van der Waals surface area (Å²) in [4.78, 5) is 2.65. The summed E-state index contributed by atoms with van der Waals surface area (Å²) in [6, 6.07) is 2.01. The maximum atomic E-state index is 5.31. The van der Waals surface area contributed by atoms with Gasteiger partial charge in [-0.15, -0.1) is 0 Å². The summed E-state index contributed by atoms with van der Waals surface area (Å²) >= 11 is 0. The number of hydrogen-bond donors (Lipinski definition) is 1. The molecule has 2 heterocycles. The Morgan fingerprint density at radius 1 is 1.31 bits per heavy atom. The largest absolute Gasteiger partial charge is 0.383 e. The van der Waals surface area contributed by atoms with Crippen molar-refractivity contribution in [3.8, 4) is 0 Å². The number of rotatable bonds is 5. The van der Waals surface area contributed by atoms with E-state index in [0.717, 1.165) is 12.6 Å². The van der Waals surface area contributed by atoms with Gasteiger partial charge >= 0.3 is 0 Å². The minimum absolute atomic E-state index is 0.510. The first-order valence-corrected chi connectivity index (χ1v) is 6.71. The molecule has 16 heavy (non-hydrogen) atoms. The van der Waals surface area contributed by atoms with E-state index in [2.05, 4.69) is 24.1 Å². The highest BCUT2D eigenvalue weighted by atomic mass is 16.5. The topological polar surface area (TPSA) is 24.5 Å². The van der Waals surface area contributed by atoms with Crippen molar-refractivity contribution in [3.63, 3.8) is 0 Å². The molecule has 3 unspecified atom stereocenters. The SMILES string of the molecule is COCC(NC1CCN2CCCC12)C(C)C. The number of hydrogen-bond acceptors (Lipinski definition) is 3. The molecule has 0 aliphatic carbocycles. The Labute approximate surface area is 99.5 Å². The highest BCUT2D eigenvalue weighted by Crippen LogP contribution is 2.28. The molecule has 2 rings (SSSR count). The molecule has 1 N–H and O–H groups in total. The number of nitrogens with one attached hydrogen (secondary N) is 1. The standard InChI is InChI=1S/C13H26N2O/c1-10(2)12(9-16-3)14-11-6-8-15-7-4-5-13(11)15/h10-14H,4-9H2,1-3H3. The van der Waals surface area contributed by atoms with Gasteiger partial charge in [-0.2, -0.15) is 0 Å². The quantitative estimate of drug-likeness (QED) is 0.768. The van der Waals surface area contributed by atoms with Crippen LogP contribution in [0.2, 0.25) is 0 Å². The predicted molar refractivity (Wildman–Crippen MR) is 66.6 cm³/mol. The fourth-order valence-electron chi connectivity index (χ4n) is 3.16. The maximum absolute atomic E-state index is 5.31. The second kappa shape index (κ2) is 5.48. The zero-order valence-corrected chi connectivity index (χ0v) is 10.9. The molecule has 0 aromatic rings. The van der Waals surface area contributed by atoms with Crippen molar-refractivity contribution in [1.29, 1.82) is 0 Å². The van der Waals surface area contributed by atoms with Crippen LogP contribution >= 0.6 is 0 Å². The van der Waals surface area contributed by atoms with Gasteiger partial charge in [0, 0.05) is 31.8 Å². The lowest BCUT2D eigenvalue weighted by molar-refractivity contribution is 0.136. The predicted octanol–water partition coefficient (Wildman–Crippen LogP) is 1.48. The first kappa shape index (κ1) is 12.3. The molecule has 2 saturated heterocycles. The van der Waals surface area contributed by atoms with Gasteiger partial charge in [-0.1, -0.05) is 13.8 Å². The summed E-state index contributed by atoms with van der Waals surface area (Å²) in [5.74, 6) is 0.649. The maximum Gasteiger partial charge on any atom is 0.0618 e. The Morgan fingerprint density at radius 3 is 2.81 bits per heavy atom. The van der Waals surface area contributed by atoms with Crippen molar-refractivity contribution in [2.75, 3.05) is 26.8 Å². The minimum Gasteiger partial charge on any atom is -0.383 e. The van der Waals surface area contributed by atoms with Crippen LogP contribution in [0.4, 0.5) is 0 Å². The fraction of sp³-hybridized carbons (Fsp3) is 1.00. The molecule has 3 nitrogen and oxygen atoms in total. The number of ether oxygens (including phenoxy) is 1. The van der Waals surface area contributed by atoms with E-state index in [1.54, 1.807) is 7.11 Å². The molecule has 3 atom stereocenters. The Kier molecular flexibility index (Phi) is 4.22. The van der Waals surface area contributed by atoms with E-state index in [1.807, 2.05) is 0 Å². The second-order valence-corrected chi connectivity index (χ2v) is 5.61. The zero-order valence-electron chi connectivity index (χ0n) is 10.9. The minimum atomic E-state index is 0.510. The highest BCUT2D eigenvalue weighted by molar-refractivity contribution is 4.97. The highest BCUT2D eigenvalue weighted by Gasteiger charge is 2.37. The summed E-state index contributed by atoms with van der Waals surface area (Å²) in [6.07, 6.45) is 4.09. The third-order valence-electron chi connectivity index (χ3n) is 4.19. The number of methoxy groups -OCH3 is 1. The third-order valence-corrected chi connectivity index (χ3v) is 4.19. The van der Waals surface area contributed by atoms with Gasteiger partial charge in [0.25, 0.3) is 0 Å². The molecule has 0 aromatic heterocycles. The van der Waals surface area contributed by atoms with Crippen molar-refractivity contribution in [2.45, 2.75) is 51.2 Å². The van der Waals surface area contributed by atoms with Gasteiger partial charge in [0.1, 0.15) is 0 Å². The first-order valence-electron chi connectivity index (χ1n) is 6.71. The molecular weight excluding hydrogens is 200 g/mol. The molecular formula is C13H26N2O. The Balaban J connectivity index is 1.87. The van der Waals surface area contributed by atoms with Gasteiger partial charge in [0.05, 0.1) is 6.61 Å². The van der Waals surface area contributed by atoms with Crippen LogP contribution in [0.25, 0.3) is 0 Å². The lowest BCUT2D eigenvalue weighted by atomic mass is 10.0. The van der Waals surface area contributed by atoms with Crippen molar-refractivity contribution < 1.29 is 4.74 Å². The molecule has 2 aliphatic heterocycles. The summed E-state index contributed by atoms with van der Waals surface area (Å²) in [5.41, 5.74) is 0. The van der Waals surface area contributed by atoms with E-state index in [0.29, 0.717) is 18.0 Å². The summed E-state index contributed by atoms with van der Waals surface area (Å²) in [6.45, 7) is 8.00. The smallest absolute Gasteiger partial charge is 0.0618 e. The first-order chi connectivity index (χ1) is 7.72. The Bertz CT molecular complexity index is 220. The van der Waals surface area contributed by atoms with E-state index in [1.165, 1.54) is 32.4 Å². The van der Waals surface area contributed by atoms with Crippen molar-refractivity contribution >= 4 is 0 Å². The van der Waals surface area contributed by atoms with Crippen LogP contribution in [0, 0.1) is 5.92 Å². The normalized spacial score (nSPS) is 32.2. The third kappa shape index (κ3) is 2.58. The van der Waals surface area contributed by atoms with Crippen LogP contribution in [-0.4, -0.2) is 49.8 Å². The van der Waals surface area contributed by atoms with E-state index in [4.69, 9.17) is 4.74 Å². The number of nitrogens with zero attached hydrogens (tertiary/aromatic N) is 1. The fourth-order valence-corrected chi connectivity index (χ4v) is 3.16. The van der Waals surface area contributed by atoms with Crippen LogP contribution < -0.4 is 5.32 Å². The second-order valence-electron chi connectivity index (χ2n) is 5.61. The van der Waals surface area contributed by atoms with Gasteiger partial charge in [-0.05, 0) is 31.7 Å². The molecule has 94 valence electrons. The van der Waals surface area contributed by atoms with Crippen LogP contribution in [0.3, 0.4) is 0 Å². The molecule has 3 heteroatoms. The molecule has 0 aromatic carbocycles. The average molecular weight is 226 g/mol. The van der Waals surface area contributed by atoms with Gasteiger partial charge in [-0.25, -0.2) is 0 Å². The van der Waals surface area contributed by atoms with Crippen LogP contribution in [0.1, 0.15) is 33.1 Å². The number of fused-ring (bicyclic) bond motifs is 1. The molecule has 0 radical (unpaired) electrons. The van der Waals surface area contributed by atoms with Gasteiger partial charge in [0.15, 0.2) is 0 Å². The molecule has 2 aliphatic rings. The lowest BCUT2D eigenvalue weighted by Gasteiger charge is -2.29. The summed E-state index contributed by atoms with van der Waals surface area (Å²) in [7, 11) is 1.80. The average Bonchev–Trinajstić information content (AvgIpc) is 2.81. The van der Waals surface area contributed by atoms with Gasteiger partial charge in [-0.3, -0.25) is 4.90 Å². The van der Waals surface area contributed by atoms with Gasteiger partial charge < -0.3 is 10.1 Å².